The highest BCUT2D eigenvalue weighted by Crippen LogP contribution is 2.41. The molecule has 1 aromatic carbocycles. The van der Waals surface area contributed by atoms with Gasteiger partial charge in [-0.2, -0.15) is 0 Å². The molecular formula is C10H9BrO4. The maximum atomic E-state index is 10.3. The van der Waals surface area contributed by atoms with Crippen molar-refractivity contribution in [2.24, 2.45) is 0 Å². The van der Waals surface area contributed by atoms with E-state index in [-0.39, 0.29) is 13.2 Å². The number of aliphatic hydroxyl groups is 1. The Balaban J connectivity index is 2.34. The van der Waals surface area contributed by atoms with Crippen LogP contribution in [-0.4, -0.2) is 18.2 Å². The summed E-state index contributed by atoms with van der Waals surface area (Å²) < 4.78 is 11.1. The molecule has 2 rings (SSSR count). The molecule has 4 nitrogen and oxygen atoms in total. The van der Waals surface area contributed by atoms with Crippen LogP contribution in [0.25, 0.3) is 0 Å². The third-order valence-corrected chi connectivity index (χ3v) is 2.74. The van der Waals surface area contributed by atoms with Crippen LogP contribution in [0, 0.1) is 0 Å². The molecule has 0 bridgehead atoms. The van der Waals surface area contributed by atoms with Gasteiger partial charge in [0.1, 0.15) is 6.29 Å². The molecule has 1 atom stereocenters. The fourth-order valence-corrected chi connectivity index (χ4v) is 1.98. The predicted molar refractivity (Wildman–Crippen MR) is 55.9 cm³/mol. The molecule has 80 valence electrons. The monoisotopic (exact) mass is 272 g/mol. The average molecular weight is 273 g/mol. The predicted octanol–water partition coefficient (Wildman–Crippen LogP) is 1.80. The molecule has 0 saturated heterocycles. The molecule has 0 aromatic heterocycles. The summed E-state index contributed by atoms with van der Waals surface area (Å²) in [6.45, 7) is 0.182. The Morgan fingerprint density at radius 1 is 1.53 bits per heavy atom. The number of benzene rings is 1. The molecule has 0 amide bonds. The minimum Gasteiger partial charge on any atom is -0.454 e. The zero-order valence-corrected chi connectivity index (χ0v) is 9.36. The molecule has 0 saturated carbocycles. The Kier molecular flexibility index (Phi) is 2.93. The standard InChI is InChI=1S/C10H9BrO4/c11-7-3-6(8(13)1-2-12)4-9-10(7)15-5-14-9/h2-4,8,13H,1,5H2. The van der Waals surface area contributed by atoms with E-state index >= 15 is 0 Å². The summed E-state index contributed by atoms with van der Waals surface area (Å²) in [5.41, 5.74) is 0.637. The molecule has 1 heterocycles. The van der Waals surface area contributed by atoms with E-state index in [1.165, 1.54) is 0 Å². The zero-order chi connectivity index (χ0) is 10.8. The first-order chi connectivity index (χ1) is 7.22. The van der Waals surface area contributed by atoms with Crippen molar-refractivity contribution in [3.63, 3.8) is 0 Å². The minimum absolute atomic E-state index is 0.0755. The Bertz CT molecular complexity index is 391. The lowest BCUT2D eigenvalue weighted by Crippen LogP contribution is -1.98. The van der Waals surface area contributed by atoms with Crippen LogP contribution < -0.4 is 9.47 Å². The van der Waals surface area contributed by atoms with Crippen LogP contribution in [0.1, 0.15) is 18.1 Å². The van der Waals surface area contributed by atoms with Crippen molar-refractivity contribution < 1.29 is 19.4 Å². The summed E-state index contributed by atoms with van der Waals surface area (Å²) in [6, 6.07) is 3.41. The second-order valence-corrected chi connectivity index (χ2v) is 4.01. The number of fused-ring (bicyclic) bond motifs is 1. The molecule has 0 fully saturated rings. The highest BCUT2D eigenvalue weighted by atomic mass is 79.9. The fourth-order valence-electron chi connectivity index (χ4n) is 1.41. The van der Waals surface area contributed by atoms with Crippen LogP contribution in [0.5, 0.6) is 11.5 Å². The lowest BCUT2D eigenvalue weighted by atomic mass is 10.1. The Morgan fingerprint density at radius 3 is 3.07 bits per heavy atom. The maximum absolute atomic E-state index is 10.3. The molecule has 1 N–H and O–H groups in total. The van der Waals surface area contributed by atoms with Crippen molar-refractivity contribution in [3.05, 3.63) is 22.2 Å². The molecule has 1 aliphatic heterocycles. The van der Waals surface area contributed by atoms with Gasteiger partial charge in [0.2, 0.25) is 6.79 Å². The van der Waals surface area contributed by atoms with E-state index in [1.54, 1.807) is 12.1 Å². The van der Waals surface area contributed by atoms with Crippen LogP contribution in [-0.2, 0) is 4.79 Å². The number of aldehydes is 1. The molecule has 1 aliphatic rings. The van der Waals surface area contributed by atoms with E-state index in [9.17, 15) is 9.90 Å². The summed E-state index contributed by atoms with van der Waals surface area (Å²) in [6.07, 6.45) is -0.0387. The highest BCUT2D eigenvalue weighted by molar-refractivity contribution is 9.10. The second kappa shape index (κ2) is 4.20. The van der Waals surface area contributed by atoms with Gasteiger partial charge in [-0.3, -0.25) is 0 Å². The van der Waals surface area contributed by atoms with Gasteiger partial charge < -0.3 is 19.4 Å². The van der Waals surface area contributed by atoms with Gasteiger partial charge in [0, 0.05) is 6.42 Å². The second-order valence-electron chi connectivity index (χ2n) is 3.15. The minimum atomic E-state index is -0.798. The first-order valence-electron chi connectivity index (χ1n) is 4.43. The highest BCUT2D eigenvalue weighted by Gasteiger charge is 2.20. The van der Waals surface area contributed by atoms with Gasteiger partial charge in [-0.25, -0.2) is 0 Å². The van der Waals surface area contributed by atoms with Crippen LogP contribution >= 0.6 is 15.9 Å². The summed E-state index contributed by atoms with van der Waals surface area (Å²) in [5.74, 6) is 1.22. The van der Waals surface area contributed by atoms with Crippen molar-refractivity contribution in [2.45, 2.75) is 12.5 Å². The van der Waals surface area contributed by atoms with Crippen molar-refractivity contribution in [3.8, 4) is 11.5 Å². The smallest absolute Gasteiger partial charge is 0.231 e. The SMILES string of the molecule is O=CCC(O)c1cc(Br)c2c(c1)OCO2. The number of carbonyl (C=O) groups excluding carboxylic acids is 1. The number of halogens is 1. The molecule has 1 aromatic rings. The first kappa shape index (κ1) is 10.4. The van der Waals surface area contributed by atoms with Crippen molar-refractivity contribution in [1.82, 2.24) is 0 Å². The summed E-state index contributed by atoms with van der Waals surface area (Å²) in [4.78, 5) is 10.3. The van der Waals surface area contributed by atoms with E-state index < -0.39 is 6.10 Å². The molecule has 0 aliphatic carbocycles. The summed E-state index contributed by atoms with van der Waals surface area (Å²) in [7, 11) is 0. The zero-order valence-electron chi connectivity index (χ0n) is 7.77. The lowest BCUT2D eigenvalue weighted by Gasteiger charge is -2.09. The van der Waals surface area contributed by atoms with Crippen LogP contribution in [0.2, 0.25) is 0 Å². The van der Waals surface area contributed by atoms with E-state index in [0.717, 1.165) is 4.47 Å². The summed E-state index contributed by atoms with van der Waals surface area (Å²) >= 11 is 3.31. The van der Waals surface area contributed by atoms with Crippen LogP contribution in [0.4, 0.5) is 0 Å². The number of hydrogen-bond donors (Lipinski definition) is 1. The van der Waals surface area contributed by atoms with Crippen molar-refractivity contribution in [1.29, 1.82) is 0 Å². The third kappa shape index (κ3) is 1.98. The molecule has 1 unspecified atom stereocenters. The van der Waals surface area contributed by atoms with Gasteiger partial charge in [0.15, 0.2) is 11.5 Å². The Labute approximate surface area is 94.9 Å². The quantitative estimate of drug-likeness (QED) is 0.853. The van der Waals surface area contributed by atoms with Gasteiger partial charge >= 0.3 is 0 Å². The Morgan fingerprint density at radius 2 is 2.33 bits per heavy atom. The van der Waals surface area contributed by atoms with Gasteiger partial charge in [-0.1, -0.05) is 0 Å². The van der Waals surface area contributed by atoms with Gasteiger partial charge in [0.05, 0.1) is 10.6 Å². The Hall–Kier alpha value is -1.07. The molecule has 0 radical (unpaired) electrons. The lowest BCUT2D eigenvalue weighted by molar-refractivity contribution is -0.109. The number of hydrogen-bond acceptors (Lipinski definition) is 4. The van der Waals surface area contributed by atoms with E-state index in [2.05, 4.69) is 15.9 Å². The maximum Gasteiger partial charge on any atom is 0.231 e. The summed E-state index contributed by atoms with van der Waals surface area (Å²) in [5, 5.41) is 9.63. The normalized spacial score (nSPS) is 15.1. The number of ether oxygens (including phenoxy) is 2. The third-order valence-electron chi connectivity index (χ3n) is 2.15. The largest absolute Gasteiger partial charge is 0.454 e. The molecule has 5 heteroatoms. The average Bonchev–Trinajstić information content (AvgIpc) is 2.66. The van der Waals surface area contributed by atoms with Gasteiger partial charge in [-0.15, -0.1) is 0 Å². The number of carbonyl (C=O) groups is 1. The van der Waals surface area contributed by atoms with E-state index in [4.69, 9.17) is 9.47 Å². The number of rotatable bonds is 3. The van der Waals surface area contributed by atoms with Crippen molar-refractivity contribution >= 4 is 22.2 Å². The van der Waals surface area contributed by atoms with Crippen LogP contribution in [0.3, 0.4) is 0 Å². The van der Waals surface area contributed by atoms with E-state index in [0.29, 0.717) is 23.3 Å². The van der Waals surface area contributed by atoms with Crippen LogP contribution in [0.15, 0.2) is 16.6 Å². The molecular weight excluding hydrogens is 264 g/mol. The van der Waals surface area contributed by atoms with Gasteiger partial charge in [0.25, 0.3) is 0 Å². The van der Waals surface area contributed by atoms with Crippen molar-refractivity contribution in [2.75, 3.05) is 6.79 Å². The molecule has 15 heavy (non-hydrogen) atoms. The van der Waals surface area contributed by atoms with Gasteiger partial charge in [-0.05, 0) is 33.6 Å². The fraction of sp³-hybridized carbons (Fsp3) is 0.300. The first-order valence-corrected chi connectivity index (χ1v) is 5.22. The molecule has 0 spiro atoms. The van der Waals surface area contributed by atoms with E-state index in [1.807, 2.05) is 0 Å². The topological polar surface area (TPSA) is 55.8 Å². The number of aliphatic hydroxyl groups excluding tert-OH is 1.